The monoisotopic (exact) mass is 556 g/mol. The Bertz CT molecular complexity index is 1360. The molecule has 3 atom stereocenters. The molecule has 3 aromatic rings. The number of rotatable bonds is 12. The Kier molecular flexibility index (Phi) is 9.55. The number of ether oxygens (including phenoxy) is 1. The van der Waals surface area contributed by atoms with Crippen LogP contribution >= 0.6 is 0 Å². The molecule has 0 saturated heterocycles. The molecule has 3 N–H and O–H groups in total. The second kappa shape index (κ2) is 13.3. The fourth-order valence-corrected chi connectivity index (χ4v) is 5.24. The number of nitrogens with one attached hydrogen (secondary N) is 2. The highest BCUT2D eigenvalue weighted by Crippen LogP contribution is 2.44. The lowest BCUT2D eigenvalue weighted by atomic mass is 9.89. The lowest BCUT2D eigenvalue weighted by Gasteiger charge is -2.23. The number of hydrogen-bond acceptors (Lipinski definition) is 5. The first kappa shape index (κ1) is 29.5. The van der Waals surface area contributed by atoms with Crippen LogP contribution in [-0.4, -0.2) is 47.6 Å². The molecule has 4 rings (SSSR count). The highest BCUT2D eigenvalue weighted by atomic mass is 16.5. The highest BCUT2D eigenvalue weighted by molar-refractivity contribution is 5.93. The summed E-state index contributed by atoms with van der Waals surface area (Å²) in [5.41, 5.74) is 5.19. The molecule has 214 valence electrons. The Hall–Kier alpha value is -4.46. The van der Waals surface area contributed by atoms with Crippen LogP contribution in [0.1, 0.15) is 49.8 Å². The summed E-state index contributed by atoms with van der Waals surface area (Å²) in [4.78, 5) is 50.6. The molecule has 2 amide bonds. The van der Waals surface area contributed by atoms with Crippen LogP contribution in [0.15, 0.2) is 78.9 Å². The predicted octanol–water partition coefficient (Wildman–Crippen LogP) is 4.96. The zero-order chi connectivity index (χ0) is 29.5. The van der Waals surface area contributed by atoms with Crippen molar-refractivity contribution in [2.75, 3.05) is 6.61 Å². The molecule has 0 heterocycles. The molecule has 0 fully saturated rings. The van der Waals surface area contributed by atoms with Gasteiger partial charge in [-0.3, -0.25) is 14.4 Å². The normalized spacial score (nSPS) is 14.3. The lowest BCUT2D eigenvalue weighted by molar-refractivity contribution is -0.145. The third-order valence-electron chi connectivity index (χ3n) is 7.62. The van der Waals surface area contributed by atoms with E-state index >= 15 is 0 Å². The van der Waals surface area contributed by atoms with Gasteiger partial charge in [0.2, 0.25) is 5.91 Å². The minimum Gasteiger partial charge on any atom is -0.481 e. The average molecular weight is 557 g/mol. The number of carbonyl (C=O) groups is 4. The van der Waals surface area contributed by atoms with Gasteiger partial charge in [-0.1, -0.05) is 92.7 Å². The fourth-order valence-electron chi connectivity index (χ4n) is 5.24. The molecular weight excluding hydrogens is 520 g/mol. The first-order valence-corrected chi connectivity index (χ1v) is 13.9. The molecule has 1 aliphatic rings. The number of ketones is 1. The smallest absolute Gasteiger partial charge is 0.407 e. The number of benzene rings is 3. The number of fused-ring (bicyclic) bond motifs is 3. The van der Waals surface area contributed by atoms with Crippen LogP contribution in [0.25, 0.3) is 11.1 Å². The maximum atomic E-state index is 13.3. The van der Waals surface area contributed by atoms with Gasteiger partial charge in [-0.25, -0.2) is 4.79 Å². The molecule has 0 bridgehead atoms. The van der Waals surface area contributed by atoms with E-state index in [1.807, 2.05) is 66.7 Å². The number of hydrogen-bond donors (Lipinski definition) is 3. The summed E-state index contributed by atoms with van der Waals surface area (Å²) in [6, 6.07) is 23.3. The number of alkyl carbamates (subject to hydrolysis) is 1. The van der Waals surface area contributed by atoms with E-state index in [4.69, 9.17) is 4.74 Å². The molecule has 8 nitrogen and oxygen atoms in total. The van der Waals surface area contributed by atoms with E-state index in [-0.39, 0.29) is 37.1 Å². The van der Waals surface area contributed by atoms with Crippen molar-refractivity contribution >= 4 is 23.8 Å². The Morgan fingerprint density at radius 2 is 1.37 bits per heavy atom. The van der Waals surface area contributed by atoms with E-state index in [0.717, 1.165) is 27.8 Å². The summed E-state index contributed by atoms with van der Waals surface area (Å²) in [5.74, 6) is -3.21. The highest BCUT2D eigenvalue weighted by Gasteiger charge is 2.31. The fraction of sp³-hybridized carbons (Fsp3) is 0.333. The van der Waals surface area contributed by atoms with Crippen LogP contribution in [0.3, 0.4) is 0 Å². The van der Waals surface area contributed by atoms with Crippen LogP contribution in [-0.2, 0) is 25.5 Å². The van der Waals surface area contributed by atoms with Crippen LogP contribution in [0.2, 0.25) is 0 Å². The number of carbonyl (C=O) groups excluding carboxylic acids is 3. The summed E-state index contributed by atoms with van der Waals surface area (Å²) in [7, 11) is 0. The third kappa shape index (κ3) is 7.20. The molecule has 0 aliphatic heterocycles. The minimum atomic E-state index is -1.05. The summed E-state index contributed by atoms with van der Waals surface area (Å²) in [6.45, 7) is 5.10. The van der Waals surface area contributed by atoms with Crippen molar-refractivity contribution < 1.29 is 29.0 Å². The molecular formula is C33H36N2O6. The topological polar surface area (TPSA) is 122 Å². The van der Waals surface area contributed by atoms with Gasteiger partial charge in [0.05, 0.1) is 12.0 Å². The second-order valence-corrected chi connectivity index (χ2v) is 10.8. The summed E-state index contributed by atoms with van der Waals surface area (Å²) < 4.78 is 5.65. The number of carboxylic acids is 1. The first-order valence-electron chi connectivity index (χ1n) is 13.9. The standard InChI is InChI=1S/C33H36N2O6/c1-20(2)27(32(38)39)18-30(36)21(3)34-31(37)29(17-22-11-5-4-6-12-22)35-33(40)41-19-28-25-15-9-7-13-23(25)24-14-8-10-16-26(24)28/h4-16,20-21,27-29H,17-19H2,1-3H3,(H,34,37)(H,35,40)(H,38,39)/t21-,27?,29-/m0/s1. The maximum Gasteiger partial charge on any atom is 0.407 e. The van der Waals surface area contributed by atoms with Crippen molar-refractivity contribution in [3.05, 3.63) is 95.6 Å². The third-order valence-corrected chi connectivity index (χ3v) is 7.62. The van der Waals surface area contributed by atoms with E-state index in [2.05, 4.69) is 22.8 Å². The Morgan fingerprint density at radius 1 is 0.805 bits per heavy atom. The minimum absolute atomic E-state index is 0.0974. The maximum absolute atomic E-state index is 13.3. The number of aliphatic carboxylic acids is 1. The zero-order valence-electron chi connectivity index (χ0n) is 23.5. The van der Waals surface area contributed by atoms with Crippen molar-refractivity contribution in [2.24, 2.45) is 11.8 Å². The van der Waals surface area contributed by atoms with E-state index in [1.165, 1.54) is 6.92 Å². The quantitative estimate of drug-likeness (QED) is 0.290. The molecule has 3 aromatic carbocycles. The van der Waals surface area contributed by atoms with Gasteiger partial charge >= 0.3 is 12.1 Å². The molecule has 0 aromatic heterocycles. The summed E-state index contributed by atoms with van der Waals surface area (Å²) in [5, 5.41) is 14.8. The molecule has 0 spiro atoms. The van der Waals surface area contributed by atoms with E-state index in [9.17, 15) is 24.3 Å². The van der Waals surface area contributed by atoms with Crippen LogP contribution in [0, 0.1) is 11.8 Å². The van der Waals surface area contributed by atoms with Crippen molar-refractivity contribution in [3.63, 3.8) is 0 Å². The van der Waals surface area contributed by atoms with E-state index in [0.29, 0.717) is 0 Å². The Balaban J connectivity index is 1.43. The van der Waals surface area contributed by atoms with Gasteiger partial charge in [0, 0.05) is 18.8 Å². The van der Waals surface area contributed by atoms with E-state index in [1.54, 1.807) is 13.8 Å². The Labute approximate surface area is 240 Å². The zero-order valence-corrected chi connectivity index (χ0v) is 23.5. The molecule has 0 radical (unpaired) electrons. The molecule has 8 heteroatoms. The largest absolute Gasteiger partial charge is 0.481 e. The molecule has 1 aliphatic carbocycles. The van der Waals surface area contributed by atoms with Gasteiger partial charge in [0.1, 0.15) is 12.6 Å². The molecule has 0 saturated carbocycles. The van der Waals surface area contributed by atoms with Crippen LogP contribution < -0.4 is 10.6 Å². The van der Waals surface area contributed by atoms with Crippen molar-refractivity contribution in [1.82, 2.24) is 10.6 Å². The predicted molar refractivity (Wildman–Crippen MR) is 155 cm³/mol. The van der Waals surface area contributed by atoms with E-state index < -0.39 is 36.0 Å². The second-order valence-electron chi connectivity index (χ2n) is 10.8. The van der Waals surface area contributed by atoms with Crippen LogP contribution in [0.5, 0.6) is 0 Å². The SMILES string of the molecule is CC(C)C(CC(=O)[C@H](C)NC(=O)[C@H](Cc1ccccc1)NC(=O)OCC1c2ccccc2-c2ccccc21)C(=O)O. The Morgan fingerprint density at radius 3 is 1.93 bits per heavy atom. The van der Waals surface area contributed by atoms with Gasteiger partial charge in [0.15, 0.2) is 5.78 Å². The van der Waals surface area contributed by atoms with Gasteiger partial charge in [-0.05, 0) is 40.7 Å². The summed E-state index contributed by atoms with van der Waals surface area (Å²) >= 11 is 0. The lowest BCUT2D eigenvalue weighted by Crippen LogP contribution is -2.52. The average Bonchev–Trinajstić information content (AvgIpc) is 3.28. The number of carboxylic acid groups (broad SMARTS) is 1. The summed E-state index contributed by atoms with van der Waals surface area (Å²) in [6.07, 6.45) is -0.758. The van der Waals surface area contributed by atoms with Crippen molar-refractivity contribution in [3.8, 4) is 11.1 Å². The van der Waals surface area contributed by atoms with Gasteiger partial charge in [-0.2, -0.15) is 0 Å². The number of Topliss-reactive ketones (excluding diaryl/α,β-unsaturated/α-hetero) is 1. The van der Waals surface area contributed by atoms with Crippen molar-refractivity contribution in [1.29, 1.82) is 0 Å². The van der Waals surface area contributed by atoms with Crippen LogP contribution in [0.4, 0.5) is 4.79 Å². The van der Waals surface area contributed by atoms with Crippen molar-refractivity contribution in [2.45, 2.75) is 51.6 Å². The molecule has 41 heavy (non-hydrogen) atoms. The molecule has 1 unspecified atom stereocenters. The van der Waals surface area contributed by atoms with Gasteiger partial charge in [-0.15, -0.1) is 0 Å². The van der Waals surface area contributed by atoms with Gasteiger partial charge < -0.3 is 20.5 Å². The van der Waals surface area contributed by atoms with Gasteiger partial charge in [0.25, 0.3) is 0 Å². The number of amides is 2. The first-order chi connectivity index (χ1) is 19.7.